The average molecular weight is 243 g/mol. The Hall–Kier alpha value is -1.47. The van der Waals surface area contributed by atoms with Crippen LogP contribution in [0, 0.1) is 6.92 Å². The fourth-order valence-corrected chi connectivity index (χ4v) is 1.82. The van der Waals surface area contributed by atoms with E-state index in [-0.39, 0.29) is 6.42 Å². The minimum Gasteiger partial charge on any atom is -0.394 e. The van der Waals surface area contributed by atoms with Crippen molar-refractivity contribution in [1.82, 2.24) is 9.55 Å². The van der Waals surface area contributed by atoms with E-state index in [0.717, 1.165) is 4.57 Å². The summed E-state index contributed by atoms with van der Waals surface area (Å²) in [4.78, 5) is 24.8. The number of hydrogen-bond acceptors (Lipinski definition) is 4. The molecule has 7 heteroatoms. The quantitative estimate of drug-likeness (QED) is 0.730. The summed E-state index contributed by atoms with van der Waals surface area (Å²) in [5, 5.41) is 8.86. The predicted octanol–water partition coefficient (Wildman–Crippen LogP) is -0.537. The lowest BCUT2D eigenvalue weighted by molar-refractivity contribution is -0.0356. The summed E-state index contributed by atoms with van der Waals surface area (Å²) in [6.07, 6.45) is -1.71. The third kappa shape index (κ3) is 2.16. The summed E-state index contributed by atoms with van der Waals surface area (Å²) >= 11 is 0. The number of aliphatic hydroxyl groups is 1. The van der Waals surface area contributed by atoms with Crippen LogP contribution in [0.15, 0.2) is 15.8 Å². The van der Waals surface area contributed by atoms with Crippen molar-refractivity contribution in [2.75, 3.05) is 6.61 Å². The average Bonchev–Trinajstić information content (AvgIpc) is 2.65. The van der Waals surface area contributed by atoms with Gasteiger partial charge in [-0.25, -0.2) is 9.18 Å². The molecule has 2 heterocycles. The Morgan fingerprint density at radius 1 is 1.65 bits per heavy atom. The van der Waals surface area contributed by atoms with E-state index in [1.54, 1.807) is 6.92 Å². The second-order valence-corrected chi connectivity index (χ2v) is 4.04. The van der Waals surface area contributed by atoms with Crippen LogP contribution in [0.3, 0.4) is 0 Å². The fraction of sp³-hybridized carbons (Fsp3) is 0.600. The van der Waals surface area contributed by atoms with Gasteiger partial charge in [0.25, 0.3) is 5.56 Å². The van der Waals surface area contributed by atoms with E-state index in [0.29, 0.717) is 5.56 Å². The molecule has 2 rings (SSSR count). The van der Waals surface area contributed by atoms with Gasteiger partial charge in [0.2, 0.25) is 0 Å². The Balaban J connectivity index is 2.34. The van der Waals surface area contributed by atoms with Gasteiger partial charge in [-0.2, -0.15) is 0 Å². The van der Waals surface area contributed by atoms with Gasteiger partial charge in [-0.15, -0.1) is 0 Å². The van der Waals surface area contributed by atoms with Gasteiger partial charge in [-0.1, -0.05) is 0 Å². The van der Waals surface area contributed by atoms with Gasteiger partial charge in [0.05, 0.1) is 6.61 Å². The van der Waals surface area contributed by atoms with Crippen molar-refractivity contribution in [3.8, 4) is 0 Å². The molecule has 0 bridgehead atoms. The predicted molar refractivity (Wildman–Crippen MR) is 56.6 cm³/mol. The lowest BCUT2D eigenvalue weighted by atomic mass is 10.2. The van der Waals surface area contributed by atoms with E-state index in [1.165, 1.54) is 6.20 Å². The zero-order valence-corrected chi connectivity index (χ0v) is 9.22. The van der Waals surface area contributed by atoms with E-state index >= 15 is 0 Å². The molecular formula is C10H13FN2O4. The maximum absolute atomic E-state index is 13.4. The highest BCUT2D eigenvalue weighted by Gasteiger charge is 2.36. The molecule has 0 radical (unpaired) electrons. The largest absolute Gasteiger partial charge is 0.394 e. The molecule has 1 aromatic heterocycles. The normalized spacial score (nSPS) is 28.5. The summed E-state index contributed by atoms with van der Waals surface area (Å²) in [5.41, 5.74) is -0.771. The van der Waals surface area contributed by atoms with Gasteiger partial charge in [0.15, 0.2) is 0 Å². The van der Waals surface area contributed by atoms with E-state index in [4.69, 9.17) is 9.84 Å². The Morgan fingerprint density at radius 3 is 2.94 bits per heavy atom. The van der Waals surface area contributed by atoms with Gasteiger partial charge >= 0.3 is 5.69 Å². The molecule has 2 unspecified atom stereocenters. The molecule has 0 saturated carbocycles. The molecule has 1 aliphatic heterocycles. The second kappa shape index (κ2) is 4.42. The molecule has 1 aliphatic rings. The zero-order chi connectivity index (χ0) is 12.6. The van der Waals surface area contributed by atoms with Crippen LogP contribution in [0.1, 0.15) is 18.2 Å². The van der Waals surface area contributed by atoms with Crippen molar-refractivity contribution in [2.45, 2.75) is 31.8 Å². The summed E-state index contributed by atoms with van der Waals surface area (Å²) in [5.74, 6) is 0. The van der Waals surface area contributed by atoms with Crippen molar-refractivity contribution in [3.63, 3.8) is 0 Å². The molecule has 1 saturated heterocycles. The zero-order valence-electron chi connectivity index (χ0n) is 9.22. The van der Waals surface area contributed by atoms with Gasteiger partial charge < -0.3 is 9.84 Å². The molecule has 94 valence electrons. The first-order valence-electron chi connectivity index (χ1n) is 5.25. The molecule has 0 aliphatic carbocycles. The number of aryl methyl sites for hydroxylation is 1. The number of nitrogens with zero attached hydrogens (tertiary/aromatic N) is 1. The number of halogens is 1. The summed E-state index contributed by atoms with van der Waals surface area (Å²) in [6.45, 7) is 1.11. The van der Waals surface area contributed by atoms with Crippen LogP contribution in [-0.4, -0.2) is 33.5 Å². The SMILES string of the molecule is Cc1cn(C2CC([18F])[C@@H](CO)O2)c(=O)[nH]c1=O. The van der Waals surface area contributed by atoms with Crippen LogP contribution in [0.4, 0.5) is 4.39 Å². The molecular weight excluding hydrogens is 230 g/mol. The highest BCUT2D eigenvalue weighted by molar-refractivity contribution is 5.02. The lowest BCUT2D eigenvalue weighted by Gasteiger charge is -2.14. The maximum Gasteiger partial charge on any atom is 0.330 e. The number of nitrogens with one attached hydrogen (secondary N) is 1. The Morgan fingerprint density at radius 2 is 2.35 bits per heavy atom. The Bertz CT molecular complexity index is 524. The molecule has 3 atom stereocenters. The fourth-order valence-electron chi connectivity index (χ4n) is 1.82. The van der Waals surface area contributed by atoms with E-state index in [9.17, 15) is 14.0 Å². The van der Waals surface area contributed by atoms with E-state index in [1.807, 2.05) is 0 Å². The topological polar surface area (TPSA) is 84.3 Å². The number of aromatic amines is 1. The molecule has 2 N–H and O–H groups in total. The first kappa shape index (κ1) is 12.0. The first-order chi connectivity index (χ1) is 8.02. The molecule has 17 heavy (non-hydrogen) atoms. The van der Waals surface area contributed by atoms with Gasteiger partial charge in [0, 0.05) is 18.2 Å². The Kier molecular flexibility index (Phi) is 3.12. The van der Waals surface area contributed by atoms with E-state index in [2.05, 4.69) is 4.98 Å². The Labute approximate surface area is 95.7 Å². The smallest absolute Gasteiger partial charge is 0.330 e. The van der Waals surface area contributed by atoms with Gasteiger partial charge in [-0.05, 0) is 6.92 Å². The summed E-state index contributed by atoms with van der Waals surface area (Å²) < 4.78 is 19.7. The van der Waals surface area contributed by atoms with Crippen molar-refractivity contribution >= 4 is 0 Å². The van der Waals surface area contributed by atoms with Crippen molar-refractivity contribution in [2.24, 2.45) is 0 Å². The third-order valence-corrected chi connectivity index (χ3v) is 2.80. The van der Waals surface area contributed by atoms with Crippen molar-refractivity contribution < 1.29 is 14.2 Å². The number of aromatic nitrogens is 2. The standard InChI is InChI=1S/C10H13FN2O4/c1-5-3-13(10(16)12-9(5)15)8-2-6(11)7(4-14)17-8/h3,6-8,14H,2,4H2,1H3,(H,12,15,16)/t6?,7-,8?/m1/s1/i11-1. The van der Waals surface area contributed by atoms with Crippen molar-refractivity contribution in [3.05, 3.63) is 32.6 Å². The number of rotatable bonds is 2. The maximum atomic E-state index is 13.4. The molecule has 1 aromatic rings. The molecule has 6 nitrogen and oxygen atoms in total. The van der Waals surface area contributed by atoms with E-state index < -0.39 is 36.4 Å². The van der Waals surface area contributed by atoms with Gasteiger partial charge in [0.1, 0.15) is 18.5 Å². The second-order valence-electron chi connectivity index (χ2n) is 4.04. The third-order valence-electron chi connectivity index (χ3n) is 2.80. The first-order valence-corrected chi connectivity index (χ1v) is 5.25. The number of hydrogen-bond donors (Lipinski definition) is 2. The highest BCUT2D eigenvalue weighted by atomic mass is 18.2. The number of aliphatic hydroxyl groups excluding tert-OH is 1. The molecule has 1 fully saturated rings. The van der Waals surface area contributed by atoms with Crippen LogP contribution in [0.25, 0.3) is 0 Å². The minimum atomic E-state index is -1.32. The number of ether oxygens (including phenoxy) is 1. The molecule has 0 aromatic carbocycles. The van der Waals surface area contributed by atoms with Crippen molar-refractivity contribution in [1.29, 1.82) is 0 Å². The van der Waals surface area contributed by atoms with Gasteiger partial charge in [-0.3, -0.25) is 14.3 Å². The van der Waals surface area contributed by atoms with Crippen LogP contribution >= 0.6 is 0 Å². The summed E-state index contributed by atoms with van der Waals surface area (Å²) in [6, 6.07) is 0. The van der Waals surface area contributed by atoms with Crippen LogP contribution < -0.4 is 11.2 Å². The highest BCUT2D eigenvalue weighted by Crippen LogP contribution is 2.29. The minimum absolute atomic E-state index is 0.0172. The monoisotopic (exact) mass is 243 g/mol. The molecule has 0 amide bonds. The number of H-pyrrole nitrogens is 1. The van der Waals surface area contributed by atoms with Crippen LogP contribution in [0.5, 0.6) is 0 Å². The summed E-state index contributed by atoms with van der Waals surface area (Å²) in [7, 11) is 0. The van der Waals surface area contributed by atoms with Crippen LogP contribution in [-0.2, 0) is 4.74 Å². The lowest BCUT2D eigenvalue weighted by Crippen LogP contribution is -2.33. The van der Waals surface area contributed by atoms with Crippen LogP contribution in [0.2, 0.25) is 0 Å². The number of alkyl halides is 1. The molecule has 0 spiro atoms.